The Kier molecular flexibility index (Phi) is 5.76. The fourth-order valence-corrected chi connectivity index (χ4v) is 2.59. The lowest BCUT2D eigenvalue weighted by molar-refractivity contribution is -0.133. The average molecular weight is 296 g/mol. The molecule has 0 unspecified atom stereocenters. The third kappa shape index (κ3) is 4.28. The highest BCUT2D eigenvalue weighted by Crippen LogP contribution is 2.18. The number of aryl methyl sites for hydroxylation is 2. The topological polar surface area (TPSA) is 64.8 Å². The molecule has 0 saturated carbocycles. The summed E-state index contributed by atoms with van der Waals surface area (Å²) in [6, 6.07) is 0. The van der Waals surface area contributed by atoms with Crippen molar-refractivity contribution in [3.63, 3.8) is 0 Å². The number of hydrogen-bond donors (Lipinski definition) is 0. The first-order valence-corrected chi connectivity index (χ1v) is 7.42. The Bertz CT molecular complexity index is 445. The normalized spacial score (nSPS) is 16.4. The average Bonchev–Trinajstić information content (AvgIpc) is 2.80. The molecule has 0 radical (unpaired) electrons. The molecule has 0 aromatic carbocycles. The van der Waals surface area contributed by atoms with Gasteiger partial charge in [-0.1, -0.05) is 5.16 Å². The lowest BCUT2D eigenvalue weighted by Crippen LogP contribution is -2.41. The quantitative estimate of drug-likeness (QED) is 0.744. The fourth-order valence-electron chi connectivity index (χ4n) is 2.59. The van der Waals surface area contributed by atoms with Gasteiger partial charge in [-0.15, -0.1) is 0 Å². The van der Waals surface area contributed by atoms with Gasteiger partial charge in [-0.2, -0.15) is 0 Å². The minimum atomic E-state index is 0.139. The molecule has 1 aromatic rings. The second kappa shape index (κ2) is 7.56. The maximum absolute atomic E-state index is 12.3. The first-order valence-electron chi connectivity index (χ1n) is 7.42. The SMILES string of the molecule is COCCOC1CCN(C(=O)Cc2c(C)noc2C)CC1. The van der Waals surface area contributed by atoms with Gasteiger partial charge in [0.15, 0.2) is 0 Å². The summed E-state index contributed by atoms with van der Waals surface area (Å²) in [5.41, 5.74) is 1.72. The Balaban J connectivity index is 1.78. The van der Waals surface area contributed by atoms with E-state index < -0.39 is 0 Å². The van der Waals surface area contributed by atoms with Crippen molar-refractivity contribution in [2.75, 3.05) is 33.4 Å². The Hall–Kier alpha value is -1.40. The Labute approximate surface area is 125 Å². The van der Waals surface area contributed by atoms with Crippen LogP contribution in [0.25, 0.3) is 0 Å². The predicted octanol–water partition coefficient (Wildman–Crippen LogP) is 1.49. The van der Waals surface area contributed by atoms with E-state index in [1.165, 1.54) is 0 Å². The molecule has 1 saturated heterocycles. The number of aromatic nitrogens is 1. The monoisotopic (exact) mass is 296 g/mol. The van der Waals surface area contributed by atoms with Gasteiger partial charge in [0.1, 0.15) is 5.76 Å². The fraction of sp³-hybridized carbons (Fsp3) is 0.733. The van der Waals surface area contributed by atoms with Crippen molar-refractivity contribution in [1.82, 2.24) is 10.1 Å². The number of likely N-dealkylation sites (tertiary alicyclic amines) is 1. The van der Waals surface area contributed by atoms with Gasteiger partial charge >= 0.3 is 0 Å². The van der Waals surface area contributed by atoms with Crippen LogP contribution < -0.4 is 0 Å². The van der Waals surface area contributed by atoms with Crippen molar-refractivity contribution in [2.24, 2.45) is 0 Å². The van der Waals surface area contributed by atoms with Gasteiger partial charge < -0.3 is 18.9 Å². The van der Waals surface area contributed by atoms with E-state index in [1.807, 2.05) is 18.7 Å². The first kappa shape index (κ1) is 16.0. The number of rotatable bonds is 6. The third-order valence-corrected chi connectivity index (χ3v) is 3.94. The van der Waals surface area contributed by atoms with Crippen LogP contribution in [-0.2, 0) is 20.7 Å². The van der Waals surface area contributed by atoms with Crippen LogP contribution >= 0.6 is 0 Å². The number of carbonyl (C=O) groups is 1. The van der Waals surface area contributed by atoms with Crippen LogP contribution in [0.5, 0.6) is 0 Å². The van der Waals surface area contributed by atoms with Gasteiger partial charge in [0.05, 0.1) is 31.4 Å². The zero-order valence-corrected chi connectivity index (χ0v) is 13.1. The van der Waals surface area contributed by atoms with Crippen LogP contribution in [0.4, 0.5) is 0 Å². The van der Waals surface area contributed by atoms with E-state index in [2.05, 4.69) is 5.16 Å². The Morgan fingerprint density at radius 2 is 2.05 bits per heavy atom. The molecule has 0 spiro atoms. The van der Waals surface area contributed by atoms with Crippen molar-refractivity contribution < 1.29 is 18.8 Å². The number of piperidine rings is 1. The summed E-state index contributed by atoms with van der Waals surface area (Å²) in [4.78, 5) is 14.2. The summed E-state index contributed by atoms with van der Waals surface area (Å²) in [7, 11) is 1.67. The van der Waals surface area contributed by atoms with Gasteiger partial charge in [0.25, 0.3) is 0 Å². The smallest absolute Gasteiger partial charge is 0.227 e. The van der Waals surface area contributed by atoms with Crippen LogP contribution in [-0.4, -0.2) is 55.5 Å². The minimum absolute atomic E-state index is 0.139. The second-order valence-corrected chi connectivity index (χ2v) is 5.42. The zero-order valence-electron chi connectivity index (χ0n) is 13.1. The van der Waals surface area contributed by atoms with Crippen LogP contribution in [0, 0.1) is 13.8 Å². The van der Waals surface area contributed by atoms with E-state index >= 15 is 0 Å². The molecule has 6 heteroatoms. The Morgan fingerprint density at radius 3 is 2.62 bits per heavy atom. The van der Waals surface area contributed by atoms with Crippen molar-refractivity contribution in [3.8, 4) is 0 Å². The van der Waals surface area contributed by atoms with Gasteiger partial charge in [-0.25, -0.2) is 0 Å². The molecule has 1 aliphatic heterocycles. The maximum atomic E-state index is 12.3. The molecule has 1 aliphatic rings. The molecule has 6 nitrogen and oxygen atoms in total. The lowest BCUT2D eigenvalue weighted by Gasteiger charge is -2.32. The third-order valence-electron chi connectivity index (χ3n) is 3.94. The lowest BCUT2D eigenvalue weighted by atomic mass is 10.1. The standard InChI is InChI=1S/C15H24N2O4/c1-11-14(12(2)21-16-11)10-15(18)17-6-4-13(5-7-17)20-9-8-19-3/h13H,4-10H2,1-3H3. The van der Waals surface area contributed by atoms with E-state index in [1.54, 1.807) is 7.11 Å². The summed E-state index contributed by atoms with van der Waals surface area (Å²) in [5, 5.41) is 3.89. The number of carbonyl (C=O) groups excluding carboxylic acids is 1. The number of amides is 1. The first-order chi connectivity index (χ1) is 10.1. The van der Waals surface area contributed by atoms with Crippen LogP contribution in [0.2, 0.25) is 0 Å². The van der Waals surface area contributed by atoms with Crippen molar-refractivity contribution in [3.05, 3.63) is 17.0 Å². The Morgan fingerprint density at radius 1 is 1.33 bits per heavy atom. The highest BCUT2D eigenvalue weighted by Gasteiger charge is 2.24. The summed E-state index contributed by atoms with van der Waals surface area (Å²) in [6.45, 7) is 6.45. The van der Waals surface area contributed by atoms with Crippen molar-refractivity contribution in [1.29, 1.82) is 0 Å². The van der Waals surface area contributed by atoms with Crippen molar-refractivity contribution >= 4 is 5.91 Å². The molecule has 1 amide bonds. The molecule has 2 heterocycles. The van der Waals surface area contributed by atoms with Gasteiger partial charge in [-0.3, -0.25) is 4.79 Å². The van der Waals surface area contributed by atoms with E-state index in [0.717, 1.165) is 42.9 Å². The molecule has 0 bridgehead atoms. The number of methoxy groups -OCH3 is 1. The van der Waals surface area contributed by atoms with Crippen LogP contribution in [0.3, 0.4) is 0 Å². The van der Waals surface area contributed by atoms with Gasteiger partial charge in [-0.05, 0) is 26.7 Å². The molecule has 1 fully saturated rings. The molecule has 21 heavy (non-hydrogen) atoms. The minimum Gasteiger partial charge on any atom is -0.382 e. The predicted molar refractivity (Wildman–Crippen MR) is 77.1 cm³/mol. The van der Waals surface area contributed by atoms with E-state index in [9.17, 15) is 4.79 Å². The highest BCUT2D eigenvalue weighted by atomic mass is 16.5. The highest BCUT2D eigenvalue weighted by molar-refractivity contribution is 5.79. The van der Waals surface area contributed by atoms with Gasteiger partial charge in [0, 0.05) is 25.8 Å². The van der Waals surface area contributed by atoms with E-state index in [-0.39, 0.29) is 12.0 Å². The molecule has 2 rings (SSSR count). The zero-order chi connectivity index (χ0) is 15.2. The number of ether oxygens (including phenoxy) is 2. The maximum Gasteiger partial charge on any atom is 0.227 e. The molecular weight excluding hydrogens is 272 g/mol. The summed E-state index contributed by atoms with van der Waals surface area (Å²) in [6.07, 6.45) is 2.38. The van der Waals surface area contributed by atoms with Gasteiger partial charge in [0.2, 0.25) is 5.91 Å². The number of hydrogen-bond acceptors (Lipinski definition) is 5. The molecular formula is C15H24N2O4. The van der Waals surface area contributed by atoms with E-state index in [4.69, 9.17) is 14.0 Å². The largest absolute Gasteiger partial charge is 0.382 e. The summed E-state index contributed by atoms with van der Waals surface area (Å²) >= 11 is 0. The number of nitrogens with zero attached hydrogens (tertiary/aromatic N) is 2. The molecule has 118 valence electrons. The molecule has 0 N–H and O–H groups in total. The molecule has 1 aromatic heterocycles. The molecule has 0 atom stereocenters. The summed E-state index contributed by atoms with van der Waals surface area (Å²) < 4.78 is 15.8. The van der Waals surface area contributed by atoms with E-state index in [0.29, 0.717) is 19.6 Å². The second-order valence-electron chi connectivity index (χ2n) is 5.42. The van der Waals surface area contributed by atoms with Crippen LogP contribution in [0.1, 0.15) is 29.9 Å². The summed E-state index contributed by atoms with van der Waals surface area (Å²) in [5.74, 6) is 0.873. The van der Waals surface area contributed by atoms with Crippen LogP contribution in [0.15, 0.2) is 4.52 Å². The molecule has 0 aliphatic carbocycles. The van der Waals surface area contributed by atoms with Crippen molar-refractivity contribution in [2.45, 2.75) is 39.2 Å².